The Hall–Kier alpha value is -3.26. The van der Waals surface area contributed by atoms with E-state index in [0.717, 1.165) is 11.3 Å². The molecule has 0 aliphatic heterocycles. The van der Waals surface area contributed by atoms with Crippen molar-refractivity contribution >= 4 is 23.4 Å². The van der Waals surface area contributed by atoms with E-state index in [1.54, 1.807) is 36.5 Å². The van der Waals surface area contributed by atoms with Crippen LogP contribution in [-0.2, 0) is 16.1 Å². The number of benzene rings is 1. The van der Waals surface area contributed by atoms with Crippen molar-refractivity contribution in [1.82, 2.24) is 15.6 Å². The van der Waals surface area contributed by atoms with E-state index in [0.29, 0.717) is 12.1 Å². The van der Waals surface area contributed by atoms with Gasteiger partial charge in [-0.1, -0.05) is 26.0 Å². The maximum atomic E-state index is 12.5. The van der Waals surface area contributed by atoms with Gasteiger partial charge in [0.25, 0.3) is 5.91 Å². The van der Waals surface area contributed by atoms with E-state index in [1.165, 1.54) is 0 Å². The van der Waals surface area contributed by atoms with Gasteiger partial charge >= 0.3 is 0 Å². The van der Waals surface area contributed by atoms with E-state index < -0.39 is 6.04 Å². The molecule has 1 atom stereocenters. The summed E-state index contributed by atoms with van der Waals surface area (Å²) >= 11 is 0. The number of nitrogens with two attached hydrogens (primary N) is 1. The van der Waals surface area contributed by atoms with Gasteiger partial charge < -0.3 is 21.3 Å². The van der Waals surface area contributed by atoms with Gasteiger partial charge in [0.15, 0.2) is 0 Å². The molecule has 3 amide bonds. The van der Waals surface area contributed by atoms with Crippen LogP contribution in [0.3, 0.4) is 0 Å². The number of carbonyl (C=O) groups is 3. The minimum absolute atomic E-state index is 0.000135. The first kappa shape index (κ1) is 22.0. The molecule has 0 bridgehead atoms. The van der Waals surface area contributed by atoms with Crippen molar-refractivity contribution in [3.8, 4) is 0 Å². The van der Waals surface area contributed by atoms with Gasteiger partial charge in [0.05, 0.1) is 12.6 Å². The van der Waals surface area contributed by atoms with Crippen LogP contribution in [0.15, 0.2) is 48.8 Å². The molecule has 29 heavy (non-hydrogen) atoms. The predicted octanol–water partition coefficient (Wildman–Crippen LogP) is 1.07. The molecule has 154 valence electrons. The minimum atomic E-state index is -0.637. The predicted molar refractivity (Wildman–Crippen MR) is 111 cm³/mol. The van der Waals surface area contributed by atoms with Crippen LogP contribution in [0, 0.1) is 5.92 Å². The number of aromatic nitrogens is 1. The Morgan fingerprint density at radius 2 is 1.66 bits per heavy atom. The van der Waals surface area contributed by atoms with E-state index >= 15 is 0 Å². The molecule has 0 fully saturated rings. The van der Waals surface area contributed by atoms with Crippen LogP contribution < -0.4 is 21.3 Å². The molecule has 8 heteroatoms. The van der Waals surface area contributed by atoms with Crippen molar-refractivity contribution in [1.29, 1.82) is 0 Å². The number of anilines is 1. The second-order valence-electron chi connectivity index (χ2n) is 7.03. The number of nitrogens with one attached hydrogen (secondary N) is 2. The average molecular weight is 397 g/mol. The van der Waals surface area contributed by atoms with Crippen molar-refractivity contribution in [2.24, 2.45) is 11.7 Å². The molecule has 0 aliphatic carbocycles. The highest BCUT2D eigenvalue weighted by Crippen LogP contribution is 2.16. The third-order valence-electron chi connectivity index (χ3n) is 4.49. The fraction of sp³-hybridized carbons (Fsp3) is 0.333. The topological polar surface area (TPSA) is 117 Å². The lowest BCUT2D eigenvalue weighted by atomic mass is 10.1. The minimum Gasteiger partial charge on any atom is -0.350 e. The molecule has 2 aromatic rings. The third kappa shape index (κ3) is 6.39. The van der Waals surface area contributed by atoms with E-state index in [-0.39, 0.29) is 30.2 Å². The maximum absolute atomic E-state index is 12.5. The third-order valence-corrected chi connectivity index (χ3v) is 4.49. The summed E-state index contributed by atoms with van der Waals surface area (Å²) in [6.07, 6.45) is 3.15. The van der Waals surface area contributed by atoms with E-state index in [9.17, 15) is 14.4 Å². The summed E-state index contributed by atoms with van der Waals surface area (Å²) in [5, 5.41) is 5.27. The van der Waals surface area contributed by atoms with Gasteiger partial charge in [-0.2, -0.15) is 0 Å². The molecule has 1 heterocycles. The lowest BCUT2D eigenvalue weighted by Gasteiger charge is -2.18. The second-order valence-corrected chi connectivity index (χ2v) is 7.03. The van der Waals surface area contributed by atoms with Crippen LogP contribution in [0.1, 0.15) is 29.8 Å². The first-order valence-electron chi connectivity index (χ1n) is 9.36. The van der Waals surface area contributed by atoms with Crippen LogP contribution in [0.5, 0.6) is 0 Å². The monoisotopic (exact) mass is 397 g/mol. The highest BCUT2D eigenvalue weighted by atomic mass is 16.2. The molecule has 4 N–H and O–H groups in total. The maximum Gasteiger partial charge on any atom is 0.258 e. The van der Waals surface area contributed by atoms with Crippen LogP contribution in [0.2, 0.25) is 0 Å². The number of pyridine rings is 1. The van der Waals surface area contributed by atoms with Crippen LogP contribution in [-0.4, -0.2) is 42.3 Å². The molecule has 0 saturated heterocycles. The Labute approximate surface area is 170 Å². The average Bonchev–Trinajstić information content (AvgIpc) is 2.75. The number of hydrogen-bond acceptors (Lipinski definition) is 5. The summed E-state index contributed by atoms with van der Waals surface area (Å²) in [7, 11) is 1.70. The largest absolute Gasteiger partial charge is 0.350 e. The van der Waals surface area contributed by atoms with E-state index in [1.807, 2.05) is 38.1 Å². The Bertz CT molecular complexity index is 837. The molecule has 0 unspecified atom stereocenters. The number of nitrogens with zero attached hydrogens (tertiary/aromatic N) is 2. The Kier molecular flexibility index (Phi) is 7.85. The number of hydrogen-bond donors (Lipinski definition) is 3. The summed E-state index contributed by atoms with van der Waals surface area (Å²) in [5.41, 5.74) is 7.89. The van der Waals surface area contributed by atoms with Gasteiger partial charge in [0.1, 0.15) is 0 Å². The first-order valence-corrected chi connectivity index (χ1v) is 9.36. The van der Waals surface area contributed by atoms with Gasteiger partial charge in [-0.15, -0.1) is 0 Å². The molecule has 2 rings (SSSR count). The molecule has 8 nitrogen and oxygen atoms in total. The molecule has 1 aromatic heterocycles. The van der Waals surface area contributed by atoms with Gasteiger partial charge in [-0.3, -0.25) is 19.4 Å². The van der Waals surface area contributed by atoms with Crippen molar-refractivity contribution in [2.45, 2.75) is 26.4 Å². The van der Waals surface area contributed by atoms with Crippen LogP contribution >= 0.6 is 0 Å². The molecule has 0 saturated carbocycles. The summed E-state index contributed by atoms with van der Waals surface area (Å²) in [6.45, 7) is 3.87. The number of carbonyl (C=O) groups excluding carboxylic acids is 3. The van der Waals surface area contributed by atoms with Crippen molar-refractivity contribution in [3.05, 3.63) is 59.9 Å². The summed E-state index contributed by atoms with van der Waals surface area (Å²) < 4.78 is 0. The fourth-order valence-electron chi connectivity index (χ4n) is 2.49. The highest BCUT2D eigenvalue weighted by molar-refractivity contribution is 6.05. The molecular formula is C21H27N5O3. The standard InChI is InChI=1S/C21H27N5O3/c1-14(2)19(22)20(28)25-13-18(27)24-12-15-4-6-17(7-5-15)26(3)21(29)16-8-10-23-11-9-16/h4-11,14,19H,12-13,22H2,1-3H3,(H,24,27)(H,25,28)/t19-/m0/s1. The Balaban J connectivity index is 1.84. The molecule has 0 spiro atoms. The van der Waals surface area contributed by atoms with Crippen molar-refractivity contribution in [2.75, 3.05) is 18.5 Å². The lowest BCUT2D eigenvalue weighted by molar-refractivity contribution is -0.127. The van der Waals surface area contributed by atoms with Crippen LogP contribution in [0.4, 0.5) is 5.69 Å². The molecule has 1 aromatic carbocycles. The summed E-state index contributed by atoms with van der Waals surface area (Å²) in [6, 6.07) is 9.97. The Morgan fingerprint density at radius 3 is 2.24 bits per heavy atom. The number of amides is 3. The van der Waals surface area contributed by atoms with Crippen molar-refractivity contribution < 1.29 is 14.4 Å². The quantitative estimate of drug-likeness (QED) is 0.616. The smallest absolute Gasteiger partial charge is 0.258 e. The van der Waals surface area contributed by atoms with Gasteiger partial charge in [-0.25, -0.2) is 0 Å². The summed E-state index contributed by atoms with van der Waals surface area (Å²) in [4.78, 5) is 41.6. The van der Waals surface area contributed by atoms with E-state index in [4.69, 9.17) is 5.73 Å². The van der Waals surface area contributed by atoms with Crippen molar-refractivity contribution in [3.63, 3.8) is 0 Å². The normalized spacial score (nSPS) is 11.6. The fourth-order valence-corrected chi connectivity index (χ4v) is 2.49. The Morgan fingerprint density at radius 1 is 1.03 bits per heavy atom. The zero-order valence-corrected chi connectivity index (χ0v) is 16.9. The van der Waals surface area contributed by atoms with Gasteiger partial charge in [0.2, 0.25) is 11.8 Å². The number of rotatable bonds is 8. The molecule has 0 aliphatic rings. The first-order chi connectivity index (χ1) is 13.8. The lowest BCUT2D eigenvalue weighted by Crippen LogP contribution is -2.47. The van der Waals surface area contributed by atoms with E-state index in [2.05, 4.69) is 15.6 Å². The second kappa shape index (κ2) is 10.3. The highest BCUT2D eigenvalue weighted by Gasteiger charge is 2.17. The zero-order chi connectivity index (χ0) is 21.4. The zero-order valence-electron chi connectivity index (χ0n) is 16.9. The SMILES string of the molecule is CC(C)[C@H](N)C(=O)NCC(=O)NCc1ccc(N(C)C(=O)c2ccncc2)cc1. The van der Waals surface area contributed by atoms with Crippen LogP contribution in [0.25, 0.3) is 0 Å². The van der Waals surface area contributed by atoms with Gasteiger partial charge in [0, 0.05) is 37.2 Å². The summed E-state index contributed by atoms with van der Waals surface area (Å²) in [5.74, 6) is -0.784. The van der Waals surface area contributed by atoms with Gasteiger partial charge in [-0.05, 0) is 35.7 Å². The molecular weight excluding hydrogens is 370 g/mol. The molecule has 0 radical (unpaired) electrons.